The molecule has 0 aliphatic rings. The van der Waals surface area contributed by atoms with E-state index in [4.69, 9.17) is 26.4 Å². The minimum absolute atomic E-state index is 0.431. The highest BCUT2D eigenvalue weighted by Gasteiger charge is 2.09. The second kappa shape index (κ2) is 7.69. The van der Waals surface area contributed by atoms with E-state index >= 15 is 0 Å². The van der Waals surface area contributed by atoms with Crippen molar-refractivity contribution in [3.05, 3.63) is 42.0 Å². The van der Waals surface area contributed by atoms with Gasteiger partial charge in [0.1, 0.15) is 17.2 Å². The Kier molecular flexibility index (Phi) is 5.65. The molecule has 2 aromatic rings. The second-order valence-corrected chi connectivity index (χ2v) is 5.26. The zero-order chi connectivity index (χ0) is 16.8. The number of rotatable bonds is 5. The first kappa shape index (κ1) is 16.9. The topological polar surface area (TPSA) is 51.8 Å². The number of aryl methyl sites for hydroxylation is 1. The van der Waals surface area contributed by atoms with Gasteiger partial charge in [0, 0.05) is 6.07 Å². The predicted octanol–water partition coefficient (Wildman–Crippen LogP) is 3.83. The molecule has 0 aromatic heterocycles. The molecule has 2 aromatic carbocycles. The summed E-state index contributed by atoms with van der Waals surface area (Å²) in [6.45, 7) is 2.01. The summed E-state index contributed by atoms with van der Waals surface area (Å²) < 4.78 is 15.9. The van der Waals surface area contributed by atoms with Crippen molar-refractivity contribution < 1.29 is 14.2 Å². The highest BCUT2D eigenvalue weighted by Crippen LogP contribution is 2.30. The van der Waals surface area contributed by atoms with Gasteiger partial charge in [0.15, 0.2) is 5.11 Å². The average Bonchev–Trinajstić information content (AvgIpc) is 2.55. The molecule has 0 spiro atoms. The maximum atomic E-state index is 5.38. The molecule has 2 rings (SSSR count). The number of methoxy groups -OCH3 is 3. The number of benzene rings is 2. The van der Waals surface area contributed by atoms with E-state index in [-0.39, 0.29) is 0 Å². The van der Waals surface area contributed by atoms with Gasteiger partial charge in [-0.3, -0.25) is 0 Å². The number of hydrogen-bond acceptors (Lipinski definition) is 4. The summed E-state index contributed by atoms with van der Waals surface area (Å²) >= 11 is 5.38. The van der Waals surface area contributed by atoms with Crippen molar-refractivity contribution in [2.45, 2.75) is 6.92 Å². The number of ether oxygens (including phenoxy) is 3. The number of hydrogen-bond donors (Lipinski definition) is 2. The Morgan fingerprint density at radius 3 is 1.96 bits per heavy atom. The van der Waals surface area contributed by atoms with Crippen LogP contribution in [0.5, 0.6) is 17.2 Å². The summed E-state index contributed by atoms with van der Waals surface area (Å²) in [5.74, 6) is 2.10. The van der Waals surface area contributed by atoms with Crippen molar-refractivity contribution in [3.63, 3.8) is 0 Å². The van der Waals surface area contributed by atoms with Gasteiger partial charge in [-0.05, 0) is 49.0 Å². The Hall–Kier alpha value is -2.47. The number of anilines is 2. The third-order valence-electron chi connectivity index (χ3n) is 3.26. The molecule has 0 saturated heterocycles. The van der Waals surface area contributed by atoms with Crippen LogP contribution in [0.25, 0.3) is 0 Å². The molecule has 0 fully saturated rings. The van der Waals surface area contributed by atoms with Crippen LogP contribution in [0.3, 0.4) is 0 Å². The molecule has 0 radical (unpaired) electrons. The molecule has 0 saturated carbocycles. The zero-order valence-electron chi connectivity index (χ0n) is 13.6. The van der Waals surface area contributed by atoms with Crippen LogP contribution in [-0.4, -0.2) is 26.4 Å². The van der Waals surface area contributed by atoms with Crippen LogP contribution in [0.1, 0.15) is 5.56 Å². The molecule has 0 bridgehead atoms. The van der Waals surface area contributed by atoms with Crippen LogP contribution in [0, 0.1) is 6.92 Å². The van der Waals surface area contributed by atoms with Gasteiger partial charge in [-0.25, -0.2) is 0 Å². The largest absolute Gasteiger partial charge is 0.497 e. The standard InChI is InChI=1S/C17H20N2O3S/c1-11-5-7-15(21-3)13(9-11)18-17(23)19-14-10-12(20-2)6-8-16(14)22-4/h5-10H,1-4H3,(H2,18,19,23). The van der Waals surface area contributed by atoms with Crippen molar-refractivity contribution in [1.29, 1.82) is 0 Å². The lowest BCUT2D eigenvalue weighted by atomic mass is 10.2. The van der Waals surface area contributed by atoms with E-state index in [9.17, 15) is 0 Å². The van der Waals surface area contributed by atoms with Crippen molar-refractivity contribution in [2.24, 2.45) is 0 Å². The summed E-state index contributed by atoms with van der Waals surface area (Å²) in [5, 5.41) is 6.68. The van der Waals surface area contributed by atoms with Gasteiger partial charge < -0.3 is 24.8 Å². The van der Waals surface area contributed by atoms with Crippen LogP contribution < -0.4 is 24.8 Å². The summed E-state index contributed by atoms with van der Waals surface area (Å²) in [5.41, 5.74) is 2.62. The van der Waals surface area contributed by atoms with Crippen molar-refractivity contribution in [1.82, 2.24) is 0 Å². The monoisotopic (exact) mass is 332 g/mol. The molecule has 0 heterocycles. The Morgan fingerprint density at radius 1 is 0.826 bits per heavy atom. The van der Waals surface area contributed by atoms with E-state index < -0.39 is 0 Å². The molecule has 5 nitrogen and oxygen atoms in total. The molecule has 2 N–H and O–H groups in total. The quantitative estimate of drug-likeness (QED) is 0.812. The summed E-state index contributed by atoms with van der Waals surface area (Å²) in [7, 11) is 4.84. The van der Waals surface area contributed by atoms with E-state index in [2.05, 4.69) is 10.6 Å². The Morgan fingerprint density at radius 2 is 1.39 bits per heavy atom. The fourth-order valence-corrected chi connectivity index (χ4v) is 2.33. The molecule has 0 unspecified atom stereocenters. The van der Waals surface area contributed by atoms with Gasteiger partial charge in [0.2, 0.25) is 0 Å². The smallest absolute Gasteiger partial charge is 0.175 e. The Balaban J connectivity index is 2.18. The number of nitrogens with one attached hydrogen (secondary N) is 2. The maximum Gasteiger partial charge on any atom is 0.175 e. The Bertz CT molecular complexity index is 704. The number of thiocarbonyl (C=S) groups is 1. The van der Waals surface area contributed by atoms with Gasteiger partial charge in [0.05, 0.1) is 32.7 Å². The lowest BCUT2D eigenvalue weighted by molar-refractivity contribution is 0.405. The third-order valence-corrected chi connectivity index (χ3v) is 3.46. The van der Waals surface area contributed by atoms with E-state index in [1.54, 1.807) is 21.3 Å². The highest BCUT2D eigenvalue weighted by atomic mass is 32.1. The Labute approximate surface area is 141 Å². The molecule has 0 amide bonds. The lowest BCUT2D eigenvalue weighted by Crippen LogP contribution is -2.20. The van der Waals surface area contributed by atoms with Crippen LogP contribution in [0.15, 0.2) is 36.4 Å². The molecule has 122 valence electrons. The van der Waals surface area contributed by atoms with Crippen molar-refractivity contribution >= 4 is 28.7 Å². The molecule has 0 atom stereocenters. The van der Waals surface area contributed by atoms with Gasteiger partial charge in [-0.1, -0.05) is 6.07 Å². The zero-order valence-corrected chi connectivity index (χ0v) is 14.4. The van der Waals surface area contributed by atoms with E-state index in [0.29, 0.717) is 16.6 Å². The molecule has 0 aliphatic carbocycles. The predicted molar refractivity (Wildman–Crippen MR) is 97.1 cm³/mol. The van der Waals surface area contributed by atoms with E-state index in [0.717, 1.165) is 22.7 Å². The lowest BCUT2D eigenvalue weighted by Gasteiger charge is -2.16. The molecule has 0 aliphatic heterocycles. The van der Waals surface area contributed by atoms with Crippen LogP contribution in [0.4, 0.5) is 11.4 Å². The second-order valence-electron chi connectivity index (χ2n) is 4.85. The van der Waals surface area contributed by atoms with Crippen LogP contribution in [0.2, 0.25) is 0 Å². The highest BCUT2D eigenvalue weighted by molar-refractivity contribution is 7.80. The fraction of sp³-hybridized carbons (Fsp3) is 0.235. The van der Waals surface area contributed by atoms with E-state index in [1.807, 2.05) is 43.3 Å². The van der Waals surface area contributed by atoms with Crippen molar-refractivity contribution in [3.8, 4) is 17.2 Å². The van der Waals surface area contributed by atoms with Crippen molar-refractivity contribution in [2.75, 3.05) is 32.0 Å². The van der Waals surface area contributed by atoms with E-state index in [1.165, 1.54) is 0 Å². The SMILES string of the molecule is COc1ccc(OC)c(NC(=S)Nc2cc(C)ccc2OC)c1. The summed E-state index contributed by atoms with van der Waals surface area (Å²) in [4.78, 5) is 0. The molecular formula is C17H20N2O3S. The van der Waals surface area contributed by atoms with Gasteiger partial charge in [-0.15, -0.1) is 0 Å². The van der Waals surface area contributed by atoms with Gasteiger partial charge in [-0.2, -0.15) is 0 Å². The minimum atomic E-state index is 0.431. The normalized spacial score (nSPS) is 9.91. The van der Waals surface area contributed by atoms with Crippen LogP contribution >= 0.6 is 12.2 Å². The molecule has 6 heteroatoms. The van der Waals surface area contributed by atoms with Crippen LogP contribution in [-0.2, 0) is 0 Å². The minimum Gasteiger partial charge on any atom is -0.497 e. The average molecular weight is 332 g/mol. The summed E-state index contributed by atoms with van der Waals surface area (Å²) in [6, 6.07) is 11.3. The first-order chi connectivity index (χ1) is 11.1. The first-order valence-corrected chi connectivity index (χ1v) is 7.43. The van der Waals surface area contributed by atoms with Gasteiger partial charge >= 0.3 is 0 Å². The fourth-order valence-electron chi connectivity index (χ4n) is 2.11. The molecule has 23 heavy (non-hydrogen) atoms. The maximum absolute atomic E-state index is 5.38. The molecular weight excluding hydrogens is 312 g/mol. The first-order valence-electron chi connectivity index (χ1n) is 7.02. The third kappa shape index (κ3) is 4.26. The summed E-state index contributed by atoms with van der Waals surface area (Å²) in [6.07, 6.45) is 0. The van der Waals surface area contributed by atoms with Gasteiger partial charge in [0.25, 0.3) is 0 Å².